The molecule has 130 valence electrons. The Balaban J connectivity index is 1.61. The van der Waals surface area contributed by atoms with Crippen LogP contribution < -0.4 is 0 Å². The number of aliphatic hydroxyl groups excluding tert-OH is 1. The molecule has 0 heterocycles. The number of hydrogen-bond acceptors (Lipinski definition) is 2. The van der Waals surface area contributed by atoms with Crippen LogP contribution >= 0.6 is 0 Å². The van der Waals surface area contributed by atoms with Gasteiger partial charge in [0.05, 0.1) is 12.2 Å². The second kappa shape index (κ2) is 5.71. The Kier molecular flexibility index (Phi) is 4.06. The van der Waals surface area contributed by atoms with Crippen molar-refractivity contribution in [2.24, 2.45) is 28.6 Å². The molecule has 0 saturated heterocycles. The maximum absolute atomic E-state index is 10.5. The van der Waals surface area contributed by atoms with E-state index in [9.17, 15) is 5.11 Å². The van der Waals surface area contributed by atoms with Gasteiger partial charge in [-0.25, -0.2) is 0 Å². The van der Waals surface area contributed by atoms with Gasteiger partial charge in [-0.3, -0.25) is 0 Å². The molecular weight excluding hydrogens is 300 g/mol. The molecule has 4 rings (SSSR count). The molecule has 0 radical (unpaired) electrons. The molecule has 7 unspecified atom stereocenters. The maximum atomic E-state index is 10.5. The average molecular weight is 335 g/mol. The summed E-state index contributed by atoms with van der Waals surface area (Å²) in [5.74, 6) is 2.48. The summed E-state index contributed by atoms with van der Waals surface area (Å²) < 4.78 is 6.04. The third-order valence-electron chi connectivity index (χ3n) is 8.40. The smallest absolute Gasteiger partial charge is 0.159 e. The fourth-order valence-electron chi connectivity index (χ4n) is 7.01. The van der Waals surface area contributed by atoms with E-state index in [-0.39, 0.29) is 21.3 Å². The maximum Gasteiger partial charge on any atom is 0.159 e. The van der Waals surface area contributed by atoms with Gasteiger partial charge in [0.1, 0.15) is 0 Å². The van der Waals surface area contributed by atoms with E-state index in [1.165, 1.54) is 44.9 Å². The van der Waals surface area contributed by atoms with E-state index >= 15 is 0 Å². The highest BCUT2D eigenvalue weighted by Crippen LogP contribution is 2.65. The minimum atomic E-state index is -0.305. The molecule has 0 bridgehead atoms. The van der Waals surface area contributed by atoms with E-state index in [1.54, 1.807) is 5.57 Å². The highest BCUT2D eigenvalue weighted by atomic mass is 28.2. The SMILES string of the molecule is C[SiH2]OC1C=C2CCC3C(CCC4(C)C(O)CCC34)C2(C)CC1. The monoisotopic (exact) mass is 334 g/mol. The Morgan fingerprint density at radius 3 is 2.70 bits per heavy atom. The van der Waals surface area contributed by atoms with Crippen molar-refractivity contribution >= 4 is 9.76 Å². The van der Waals surface area contributed by atoms with E-state index in [0.29, 0.717) is 11.5 Å². The highest BCUT2D eigenvalue weighted by Gasteiger charge is 2.58. The molecule has 4 aliphatic rings. The lowest BCUT2D eigenvalue weighted by atomic mass is 9.47. The van der Waals surface area contributed by atoms with Gasteiger partial charge in [-0.05, 0) is 80.0 Å². The van der Waals surface area contributed by atoms with E-state index in [1.807, 2.05) is 0 Å². The summed E-state index contributed by atoms with van der Waals surface area (Å²) in [5, 5.41) is 10.5. The van der Waals surface area contributed by atoms with Crippen LogP contribution in [0.25, 0.3) is 0 Å². The van der Waals surface area contributed by atoms with Crippen LogP contribution in [0.3, 0.4) is 0 Å². The molecule has 1 N–H and O–H groups in total. The molecule has 23 heavy (non-hydrogen) atoms. The van der Waals surface area contributed by atoms with Gasteiger partial charge < -0.3 is 9.53 Å². The van der Waals surface area contributed by atoms with Crippen molar-refractivity contribution in [3.8, 4) is 0 Å². The van der Waals surface area contributed by atoms with Crippen molar-refractivity contribution < 1.29 is 9.53 Å². The Hall–Kier alpha value is -0.123. The largest absolute Gasteiger partial charge is 0.418 e. The molecule has 3 saturated carbocycles. The summed E-state index contributed by atoms with van der Waals surface area (Å²) in [4.78, 5) is 0. The first-order valence-electron chi connectivity index (χ1n) is 10.00. The quantitative estimate of drug-likeness (QED) is 0.614. The van der Waals surface area contributed by atoms with Gasteiger partial charge in [0.25, 0.3) is 0 Å². The van der Waals surface area contributed by atoms with E-state index in [0.717, 1.165) is 24.2 Å². The Morgan fingerprint density at radius 1 is 1.09 bits per heavy atom. The average Bonchev–Trinajstić information content (AvgIpc) is 2.84. The van der Waals surface area contributed by atoms with Gasteiger partial charge in [-0.2, -0.15) is 0 Å². The summed E-state index contributed by atoms with van der Waals surface area (Å²) >= 11 is 0. The van der Waals surface area contributed by atoms with Gasteiger partial charge in [0, 0.05) is 0 Å². The lowest BCUT2D eigenvalue weighted by molar-refractivity contribution is -0.0757. The first-order chi connectivity index (χ1) is 11.0. The number of allylic oxidation sites excluding steroid dienone is 1. The standard InChI is InChI=1S/C20H34O2Si/c1-19-10-8-14(22-23-3)12-13(19)4-5-15-16-6-7-18(21)20(16,2)11-9-17(15)19/h12,14-18,21H,4-11,23H2,1-3H3. The zero-order valence-corrected chi connectivity index (χ0v) is 16.6. The number of aliphatic hydroxyl groups is 1. The minimum Gasteiger partial charge on any atom is -0.418 e. The predicted octanol–water partition coefficient (Wildman–Crippen LogP) is 3.83. The Labute approximate surface area is 144 Å². The van der Waals surface area contributed by atoms with Gasteiger partial charge in [-0.1, -0.05) is 32.0 Å². The van der Waals surface area contributed by atoms with Crippen LogP contribution in [0.4, 0.5) is 0 Å². The minimum absolute atomic E-state index is 0.0446. The molecule has 0 aliphatic heterocycles. The zero-order chi connectivity index (χ0) is 16.2. The van der Waals surface area contributed by atoms with Crippen LogP contribution in [0.2, 0.25) is 6.55 Å². The molecule has 0 aromatic heterocycles. The first kappa shape index (κ1) is 16.4. The van der Waals surface area contributed by atoms with Crippen LogP contribution in [-0.2, 0) is 4.43 Å². The van der Waals surface area contributed by atoms with Crippen molar-refractivity contribution in [1.82, 2.24) is 0 Å². The number of rotatable bonds is 2. The number of fused-ring (bicyclic) bond motifs is 5. The van der Waals surface area contributed by atoms with Gasteiger partial charge in [-0.15, -0.1) is 0 Å². The fourth-order valence-corrected chi connectivity index (χ4v) is 7.71. The second-order valence-electron chi connectivity index (χ2n) is 9.19. The van der Waals surface area contributed by atoms with Crippen molar-refractivity contribution in [3.05, 3.63) is 11.6 Å². The normalized spacial score (nSPS) is 52.9. The van der Waals surface area contributed by atoms with Crippen molar-refractivity contribution in [2.45, 2.75) is 84.0 Å². The number of hydrogen-bond donors (Lipinski definition) is 1. The Bertz CT molecular complexity index is 504. The van der Waals surface area contributed by atoms with Crippen molar-refractivity contribution in [2.75, 3.05) is 0 Å². The molecular formula is C20H34O2Si. The van der Waals surface area contributed by atoms with E-state index in [4.69, 9.17) is 4.43 Å². The molecule has 0 aromatic rings. The van der Waals surface area contributed by atoms with Crippen LogP contribution in [-0.4, -0.2) is 27.1 Å². The molecule has 0 amide bonds. The molecule has 7 atom stereocenters. The van der Waals surface area contributed by atoms with E-state index in [2.05, 4.69) is 26.5 Å². The lowest BCUT2D eigenvalue weighted by Crippen LogP contribution is -2.51. The zero-order valence-electron chi connectivity index (χ0n) is 15.2. The molecule has 3 fully saturated rings. The summed E-state index contributed by atoms with van der Waals surface area (Å²) in [6, 6.07) is 0. The summed E-state index contributed by atoms with van der Waals surface area (Å²) in [6.45, 7) is 7.19. The Morgan fingerprint density at radius 2 is 1.91 bits per heavy atom. The van der Waals surface area contributed by atoms with Crippen molar-refractivity contribution in [1.29, 1.82) is 0 Å². The molecule has 2 nitrogen and oxygen atoms in total. The van der Waals surface area contributed by atoms with Crippen LogP contribution in [0.5, 0.6) is 0 Å². The second-order valence-corrected chi connectivity index (χ2v) is 10.1. The molecule has 0 aromatic carbocycles. The summed E-state index contributed by atoms with van der Waals surface area (Å²) in [5.41, 5.74) is 2.36. The molecule has 3 heteroatoms. The van der Waals surface area contributed by atoms with Crippen LogP contribution in [0.1, 0.15) is 65.2 Å². The van der Waals surface area contributed by atoms with Crippen molar-refractivity contribution in [3.63, 3.8) is 0 Å². The van der Waals surface area contributed by atoms with E-state index < -0.39 is 0 Å². The van der Waals surface area contributed by atoms with Gasteiger partial charge >= 0.3 is 0 Å². The third kappa shape index (κ3) is 2.33. The first-order valence-corrected chi connectivity index (χ1v) is 12.0. The molecule has 4 aliphatic carbocycles. The topological polar surface area (TPSA) is 29.5 Å². The van der Waals surface area contributed by atoms with Crippen LogP contribution in [0.15, 0.2) is 11.6 Å². The van der Waals surface area contributed by atoms with Gasteiger partial charge in [0.15, 0.2) is 9.76 Å². The fraction of sp³-hybridized carbons (Fsp3) is 0.900. The third-order valence-corrected chi connectivity index (χ3v) is 9.16. The summed E-state index contributed by atoms with van der Waals surface area (Å²) in [6.07, 6.45) is 13.0. The summed E-state index contributed by atoms with van der Waals surface area (Å²) in [7, 11) is -0.305. The van der Waals surface area contributed by atoms with Crippen LogP contribution in [0, 0.1) is 28.6 Å². The highest BCUT2D eigenvalue weighted by molar-refractivity contribution is 6.24. The molecule has 0 spiro atoms. The van der Waals surface area contributed by atoms with Gasteiger partial charge in [0.2, 0.25) is 0 Å². The lowest BCUT2D eigenvalue weighted by Gasteiger charge is -2.58. The predicted molar refractivity (Wildman–Crippen MR) is 97.0 cm³/mol.